The van der Waals surface area contributed by atoms with Gasteiger partial charge in [0.05, 0.1) is 7.11 Å². The van der Waals surface area contributed by atoms with E-state index >= 15 is 0 Å². The molecule has 0 saturated carbocycles. The van der Waals surface area contributed by atoms with Crippen LogP contribution in [0.2, 0.25) is 0 Å². The number of anilines is 1. The highest BCUT2D eigenvalue weighted by atomic mass is 32.2. The molecule has 3 nitrogen and oxygen atoms in total. The van der Waals surface area contributed by atoms with Gasteiger partial charge in [0, 0.05) is 29.3 Å². The van der Waals surface area contributed by atoms with E-state index in [0.29, 0.717) is 0 Å². The summed E-state index contributed by atoms with van der Waals surface area (Å²) in [6.45, 7) is 7.80. The zero-order valence-electron chi connectivity index (χ0n) is 11.6. The van der Waals surface area contributed by atoms with Crippen molar-refractivity contribution in [1.82, 2.24) is 4.90 Å². The summed E-state index contributed by atoms with van der Waals surface area (Å²) in [5.41, 5.74) is 7.79. The van der Waals surface area contributed by atoms with Crippen molar-refractivity contribution in [3.63, 3.8) is 0 Å². The van der Waals surface area contributed by atoms with Crippen molar-refractivity contribution >= 4 is 17.4 Å². The third-order valence-corrected chi connectivity index (χ3v) is 3.99. The molecule has 2 N–H and O–H groups in total. The van der Waals surface area contributed by atoms with Gasteiger partial charge in [0.1, 0.15) is 5.75 Å². The maximum absolute atomic E-state index is 5.80. The summed E-state index contributed by atoms with van der Waals surface area (Å²) in [6.07, 6.45) is 0. The van der Waals surface area contributed by atoms with E-state index in [-0.39, 0.29) is 0 Å². The molecule has 18 heavy (non-hydrogen) atoms. The van der Waals surface area contributed by atoms with Gasteiger partial charge >= 0.3 is 0 Å². The highest BCUT2D eigenvalue weighted by molar-refractivity contribution is 7.98. The lowest BCUT2D eigenvalue weighted by Crippen LogP contribution is -2.25. The summed E-state index contributed by atoms with van der Waals surface area (Å²) in [4.78, 5) is 2.43. The summed E-state index contributed by atoms with van der Waals surface area (Å²) in [5, 5.41) is 0. The van der Waals surface area contributed by atoms with Crippen LogP contribution in [0, 0.1) is 0 Å². The Morgan fingerprint density at radius 1 is 1.28 bits per heavy atom. The molecule has 0 aliphatic carbocycles. The Morgan fingerprint density at radius 3 is 2.61 bits per heavy atom. The molecular formula is C14H24N2OS. The lowest BCUT2D eigenvalue weighted by atomic mass is 10.2. The Bertz CT molecular complexity index is 354. The van der Waals surface area contributed by atoms with E-state index in [1.165, 1.54) is 5.56 Å². The Hall–Kier alpha value is -0.870. The number of thioether (sulfide) groups is 1. The lowest BCUT2D eigenvalue weighted by molar-refractivity contribution is 0.324. The van der Waals surface area contributed by atoms with Gasteiger partial charge in [0.2, 0.25) is 0 Å². The van der Waals surface area contributed by atoms with Crippen LogP contribution in [0.15, 0.2) is 18.2 Å². The number of ether oxygens (including phenoxy) is 1. The Morgan fingerprint density at radius 2 is 2.00 bits per heavy atom. The molecule has 1 rings (SSSR count). The minimum Gasteiger partial charge on any atom is -0.496 e. The van der Waals surface area contributed by atoms with E-state index < -0.39 is 0 Å². The van der Waals surface area contributed by atoms with Crippen LogP contribution >= 0.6 is 11.8 Å². The number of nitrogen functional groups attached to an aromatic ring is 1. The molecular weight excluding hydrogens is 244 g/mol. The standard InChI is InChI=1S/C14H24N2OS/c1-4-16(5-2)8-9-18-11-12-10-13(15)6-7-14(12)17-3/h6-7,10H,4-5,8-9,11,15H2,1-3H3. The van der Waals surface area contributed by atoms with Gasteiger partial charge in [-0.1, -0.05) is 13.8 Å². The van der Waals surface area contributed by atoms with Crippen LogP contribution in [0.5, 0.6) is 5.75 Å². The summed E-state index contributed by atoms with van der Waals surface area (Å²) < 4.78 is 5.34. The zero-order valence-corrected chi connectivity index (χ0v) is 12.4. The fourth-order valence-electron chi connectivity index (χ4n) is 1.83. The van der Waals surface area contributed by atoms with Crippen molar-refractivity contribution < 1.29 is 4.74 Å². The van der Waals surface area contributed by atoms with Crippen LogP contribution in [0.4, 0.5) is 5.69 Å². The maximum Gasteiger partial charge on any atom is 0.123 e. The third-order valence-electron chi connectivity index (χ3n) is 3.01. The van der Waals surface area contributed by atoms with Crippen LogP contribution in [-0.2, 0) is 5.75 Å². The average molecular weight is 268 g/mol. The van der Waals surface area contributed by atoms with Gasteiger partial charge in [-0.3, -0.25) is 0 Å². The normalized spacial score (nSPS) is 10.9. The zero-order chi connectivity index (χ0) is 13.4. The Balaban J connectivity index is 2.41. The highest BCUT2D eigenvalue weighted by Crippen LogP contribution is 2.25. The molecule has 0 fully saturated rings. The van der Waals surface area contributed by atoms with E-state index in [4.69, 9.17) is 10.5 Å². The number of nitrogens with zero attached hydrogens (tertiary/aromatic N) is 1. The number of hydrogen-bond donors (Lipinski definition) is 1. The van der Waals surface area contributed by atoms with Gasteiger partial charge in [-0.15, -0.1) is 0 Å². The molecule has 0 aliphatic rings. The molecule has 0 unspecified atom stereocenters. The van der Waals surface area contributed by atoms with Gasteiger partial charge < -0.3 is 15.4 Å². The summed E-state index contributed by atoms with van der Waals surface area (Å²) in [7, 11) is 1.70. The van der Waals surface area contributed by atoms with E-state index in [9.17, 15) is 0 Å². The fraction of sp³-hybridized carbons (Fsp3) is 0.571. The van der Waals surface area contributed by atoms with Crippen LogP contribution in [0.1, 0.15) is 19.4 Å². The van der Waals surface area contributed by atoms with E-state index in [0.717, 1.165) is 42.6 Å². The maximum atomic E-state index is 5.80. The molecule has 0 aliphatic heterocycles. The number of methoxy groups -OCH3 is 1. The lowest BCUT2D eigenvalue weighted by Gasteiger charge is -2.17. The highest BCUT2D eigenvalue weighted by Gasteiger charge is 2.04. The first-order valence-electron chi connectivity index (χ1n) is 6.43. The van der Waals surface area contributed by atoms with Gasteiger partial charge in [0.15, 0.2) is 0 Å². The van der Waals surface area contributed by atoms with Gasteiger partial charge in [-0.05, 0) is 31.3 Å². The van der Waals surface area contributed by atoms with Crippen molar-refractivity contribution in [1.29, 1.82) is 0 Å². The van der Waals surface area contributed by atoms with E-state index in [2.05, 4.69) is 18.7 Å². The molecule has 0 bridgehead atoms. The van der Waals surface area contributed by atoms with Gasteiger partial charge in [-0.25, -0.2) is 0 Å². The number of benzene rings is 1. The summed E-state index contributed by atoms with van der Waals surface area (Å²) in [6, 6.07) is 5.82. The monoisotopic (exact) mass is 268 g/mol. The van der Waals surface area contributed by atoms with Crippen molar-refractivity contribution in [2.24, 2.45) is 0 Å². The smallest absolute Gasteiger partial charge is 0.123 e. The predicted octanol–water partition coefficient (Wildman–Crippen LogP) is 2.85. The van der Waals surface area contributed by atoms with Crippen LogP contribution in [0.3, 0.4) is 0 Å². The predicted molar refractivity (Wildman–Crippen MR) is 81.4 cm³/mol. The topological polar surface area (TPSA) is 38.5 Å². The molecule has 1 aromatic carbocycles. The van der Waals surface area contributed by atoms with E-state index in [1.807, 2.05) is 30.0 Å². The molecule has 0 amide bonds. The number of nitrogens with two attached hydrogens (primary N) is 1. The molecule has 1 aromatic rings. The number of hydrogen-bond acceptors (Lipinski definition) is 4. The molecule has 0 heterocycles. The minimum absolute atomic E-state index is 0.801. The minimum atomic E-state index is 0.801. The van der Waals surface area contributed by atoms with Crippen LogP contribution < -0.4 is 10.5 Å². The molecule has 0 atom stereocenters. The van der Waals surface area contributed by atoms with Gasteiger partial charge in [-0.2, -0.15) is 11.8 Å². The second-order valence-corrected chi connectivity index (χ2v) is 5.26. The van der Waals surface area contributed by atoms with Crippen LogP contribution in [0.25, 0.3) is 0 Å². The first-order valence-corrected chi connectivity index (χ1v) is 7.59. The average Bonchev–Trinajstić information content (AvgIpc) is 2.39. The van der Waals surface area contributed by atoms with Crippen molar-refractivity contribution in [3.05, 3.63) is 23.8 Å². The largest absolute Gasteiger partial charge is 0.496 e. The molecule has 0 aromatic heterocycles. The molecule has 4 heteroatoms. The quantitative estimate of drug-likeness (QED) is 0.581. The molecule has 0 radical (unpaired) electrons. The van der Waals surface area contributed by atoms with Crippen LogP contribution in [-0.4, -0.2) is 37.4 Å². The van der Waals surface area contributed by atoms with Crippen molar-refractivity contribution in [3.8, 4) is 5.75 Å². The third kappa shape index (κ3) is 4.78. The first kappa shape index (κ1) is 15.2. The molecule has 102 valence electrons. The fourth-order valence-corrected chi connectivity index (χ4v) is 2.80. The summed E-state index contributed by atoms with van der Waals surface area (Å²) >= 11 is 1.93. The van der Waals surface area contributed by atoms with Gasteiger partial charge in [0.25, 0.3) is 0 Å². The van der Waals surface area contributed by atoms with E-state index in [1.54, 1.807) is 7.11 Å². The number of rotatable bonds is 8. The Labute approximate surface area is 115 Å². The van der Waals surface area contributed by atoms with Crippen molar-refractivity contribution in [2.45, 2.75) is 19.6 Å². The second kappa shape index (κ2) is 8.27. The molecule has 0 spiro atoms. The van der Waals surface area contributed by atoms with Crippen molar-refractivity contribution in [2.75, 3.05) is 38.2 Å². The summed E-state index contributed by atoms with van der Waals surface area (Å²) in [5.74, 6) is 3.02. The second-order valence-electron chi connectivity index (χ2n) is 4.15. The SMILES string of the molecule is CCN(CC)CCSCc1cc(N)ccc1OC. The first-order chi connectivity index (χ1) is 8.71. The Kier molecular flexibility index (Phi) is 6.98. The molecule has 0 saturated heterocycles.